The van der Waals surface area contributed by atoms with Crippen LogP contribution in [0.2, 0.25) is 0 Å². The van der Waals surface area contributed by atoms with Gasteiger partial charge in [-0.1, -0.05) is 0 Å². The maximum absolute atomic E-state index is 11.1. The van der Waals surface area contributed by atoms with Crippen molar-refractivity contribution in [1.82, 2.24) is 4.98 Å². The van der Waals surface area contributed by atoms with Crippen LogP contribution in [0.25, 0.3) is 11.1 Å². The number of hydrogen-bond acceptors (Lipinski definition) is 5. The summed E-state index contributed by atoms with van der Waals surface area (Å²) in [5, 5.41) is 2.66. The average Bonchev–Trinajstić information content (AvgIpc) is 2.72. The molecule has 0 aliphatic carbocycles. The zero-order valence-electron chi connectivity index (χ0n) is 10.5. The van der Waals surface area contributed by atoms with Gasteiger partial charge in [-0.25, -0.2) is 0 Å². The number of oxazole rings is 1. The number of hydrogen-bond donors (Lipinski definition) is 2. The Morgan fingerprint density at radius 2 is 2.11 bits per heavy atom. The molecule has 2 rings (SSSR count). The molecule has 1 aromatic heterocycles. The summed E-state index contributed by atoms with van der Waals surface area (Å²) in [6, 6.07) is 5.80. The lowest BCUT2D eigenvalue weighted by atomic mass is 10.3. The van der Waals surface area contributed by atoms with Crippen LogP contribution < -0.4 is 16.0 Å². The Labute approximate surface area is 123 Å². The average molecular weight is 307 g/mol. The Hall–Kier alpha value is -1.50. The van der Waals surface area contributed by atoms with Gasteiger partial charge in [0, 0.05) is 19.8 Å². The summed E-state index contributed by atoms with van der Waals surface area (Å²) >= 11 is 0. The summed E-state index contributed by atoms with van der Waals surface area (Å²) < 4.78 is 5.49. The summed E-state index contributed by atoms with van der Waals surface area (Å²) in [4.78, 5) is 17.2. The number of halogens is 2. The van der Waals surface area contributed by atoms with E-state index in [0.29, 0.717) is 22.8 Å². The molecule has 0 unspecified atom stereocenters. The minimum Gasteiger partial charge on any atom is -0.423 e. The van der Waals surface area contributed by atoms with Crippen LogP contribution in [0.3, 0.4) is 0 Å². The fraction of sp³-hybridized carbons (Fsp3) is 0.273. The first-order valence-corrected chi connectivity index (χ1v) is 5.18. The highest BCUT2D eigenvalue weighted by molar-refractivity contribution is 5.94. The van der Waals surface area contributed by atoms with E-state index in [-0.39, 0.29) is 37.3 Å². The molecule has 0 spiro atoms. The molecule has 0 atom stereocenters. The standard InChI is InChI=1S/C11H14N4O2.2ClH/c1-15(2)11-14-8-5-7(13-10(16)6-12)3-4-9(8)17-11;;/h3-5H,6,12H2,1-2H3,(H,13,16);2*1H. The van der Waals surface area contributed by atoms with E-state index in [1.807, 2.05) is 14.1 Å². The lowest BCUT2D eigenvalue weighted by molar-refractivity contribution is -0.114. The van der Waals surface area contributed by atoms with E-state index in [1.54, 1.807) is 23.1 Å². The fourth-order valence-corrected chi connectivity index (χ4v) is 1.40. The summed E-state index contributed by atoms with van der Waals surface area (Å²) in [6.07, 6.45) is 0. The molecule has 2 aromatic rings. The first-order chi connectivity index (χ1) is 8.10. The van der Waals surface area contributed by atoms with Crippen molar-refractivity contribution in [2.45, 2.75) is 0 Å². The highest BCUT2D eigenvalue weighted by Crippen LogP contribution is 2.23. The number of fused-ring (bicyclic) bond motifs is 1. The van der Waals surface area contributed by atoms with Crippen LogP contribution >= 0.6 is 24.8 Å². The van der Waals surface area contributed by atoms with E-state index < -0.39 is 0 Å². The molecule has 106 valence electrons. The third-order valence-corrected chi connectivity index (χ3v) is 2.23. The number of nitrogens with two attached hydrogens (primary N) is 1. The van der Waals surface area contributed by atoms with Gasteiger partial charge < -0.3 is 20.4 Å². The van der Waals surface area contributed by atoms with Crippen LogP contribution in [0.15, 0.2) is 22.6 Å². The molecule has 1 aromatic carbocycles. The van der Waals surface area contributed by atoms with Crippen LogP contribution in [0.1, 0.15) is 0 Å². The number of carbonyl (C=O) groups is 1. The van der Waals surface area contributed by atoms with E-state index in [4.69, 9.17) is 10.2 Å². The highest BCUT2D eigenvalue weighted by atomic mass is 35.5. The molecule has 1 heterocycles. The Morgan fingerprint density at radius 1 is 1.42 bits per heavy atom. The Kier molecular flexibility index (Phi) is 6.61. The summed E-state index contributed by atoms with van der Waals surface area (Å²) in [7, 11) is 3.70. The number of rotatable bonds is 3. The SMILES string of the molecule is CN(C)c1nc2cc(NC(=O)CN)ccc2o1.Cl.Cl. The molecule has 19 heavy (non-hydrogen) atoms. The minimum atomic E-state index is -0.235. The highest BCUT2D eigenvalue weighted by Gasteiger charge is 2.08. The predicted octanol–water partition coefficient (Wildman–Crippen LogP) is 1.63. The number of nitrogens with one attached hydrogen (secondary N) is 1. The van der Waals surface area contributed by atoms with Gasteiger partial charge in [-0.2, -0.15) is 4.98 Å². The van der Waals surface area contributed by atoms with Crippen LogP contribution in [-0.2, 0) is 4.79 Å². The monoisotopic (exact) mass is 306 g/mol. The molecular weight excluding hydrogens is 291 g/mol. The molecule has 0 fully saturated rings. The molecule has 8 heteroatoms. The lowest BCUT2D eigenvalue weighted by Crippen LogP contribution is -2.21. The molecule has 0 bridgehead atoms. The minimum absolute atomic E-state index is 0. The van der Waals surface area contributed by atoms with Crippen LogP contribution in [-0.4, -0.2) is 31.5 Å². The maximum Gasteiger partial charge on any atom is 0.297 e. The molecule has 0 aliphatic heterocycles. The van der Waals surface area contributed by atoms with Crippen molar-refractivity contribution >= 4 is 53.5 Å². The van der Waals surface area contributed by atoms with Gasteiger partial charge in [0.25, 0.3) is 6.01 Å². The van der Waals surface area contributed by atoms with Crippen molar-refractivity contribution < 1.29 is 9.21 Å². The quantitative estimate of drug-likeness (QED) is 0.900. The van der Waals surface area contributed by atoms with E-state index in [2.05, 4.69) is 10.3 Å². The second kappa shape index (κ2) is 7.18. The first-order valence-electron chi connectivity index (χ1n) is 5.18. The van der Waals surface area contributed by atoms with Crippen LogP contribution in [0.5, 0.6) is 0 Å². The van der Waals surface area contributed by atoms with Gasteiger partial charge in [0.2, 0.25) is 5.91 Å². The number of aromatic nitrogens is 1. The zero-order valence-corrected chi connectivity index (χ0v) is 12.2. The topological polar surface area (TPSA) is 84.4 Å². The molecule has 0 saturated heterocycles. The maximum atomic E-state index is 11.1. The van der Waals surface area contributed by atoms with E-state index >= 15 is 0 Å². The summed E-state index contributed by atoms with van der Waals surface area (Å²) in [5.41, 5.74) is 7.26. The van der Waals surface area contributed by atoms with Gasteiger partial charge in [-0.05, 0) is 18.2 Å². The molecule has 6 nitrogen and oxygen atoms in total. The molecular formula is C11H16Cl2N4O2. The summed E-state index contributed by atoms with van der Waals surface area (Å²) in [6.45, 7) is -0.0419. The Balaban J connectivity index is 0.00000162. The van der Waals surface area contributed by atoms with Crippen molar-refractivity contribution in [3.05, 3.63) is 18.2 Å². The third-order valence-electron chi connectivity index (χ3n) is 2.23. The van der Waals surface area contributed by atoms with E-state index in [0.717, 1.165) is 0 Å². The molecule has 0 radical (unpaired) electrons. The fourth-order valence-electron chi connectivity index (χ4n) is 1.40. The second-order valence-corrected chi connectivity index (χ2v) is 3.83. The molecule has 0 aliphatic rings. The molecule has 1 amide bonds. The molecule has 3 N–H and O–H groups in total. The summed E-state index contributed by atoms with van der Waals surface area (Å²) in [5.74, 6) is -0.235. The normalized spacial score (nSPS) is 9.42. The Bertz CT molecular complexity index is 557. The van der Waals surface area contributed by atoms with Gasteiger partial charge in [0.05, 0.1) is 6.54 Å². The third kappa shape index (κ3) is 3.99. The Morgan fingerprint density at radius 3 is 2.68 bits per heavy atom. The van der Waals surface area contributed by atoms with E-state index in [1.165, 1.54) is 0 Å². The van der Waals surface area contributed by atoms with Gasteiger partial charge in [-0.15, -0.1) is 24.8 Å². The number of amides is 1. The van der Waals surface area contributed by atoms with Crippen molar-refractivity contribution in [2.24, 2.45) is 5.73 Å². The van der Waals surface area contributed by atoms with Crippen LogP contribution in [0, 0.1) is 0 Å². The van der Waals surface area contributed by atoms with Crippen molar-refractivity contribution in [1.29, 1.82) is 0 Å². The second-order valence-electron chi connectivity index (χ2n) is 3.83. The van der Waals surface area contributed by atoms with E-state index in [9.17, 15) is 4.79 Å². The predicted molar refractivity (Wildman–Crippen MR) is 80.5 cm³/mol. The number of benzene rings is 1. The van der Waals surface area contributed by atoms with Crippen LogP contribution in [0.4, 0.5) is 11.7 Å². The largest absolute Gasteiger partial charge is 0.423 e. The smallest absolute Gasteiger partial charge is 0.297 e. The number of anilines is 2. The number of nitrogens with zero attached hydrogens (tertiary/aromatic N) is 2. The van der Waals surface area contributed by atoms with Gasteiger partial charge in [0.15, 0.2) is 5.58 Å². The van der Waals surface area contributed by atoms with Crippen molar-refractivity contribution in [3.63, 3.8) is 0 Å². The lowest BCUT2D eigenvalue weighted by Gasteiger charge is -2.03. The van der Waals surface area contributed by atoms with Crippen molar-refractivity contribution in [3.8, 4) is 0 Å². The van der Waals surface area contributed by atoms with Gasteiger partial charge >= 0.3 is 0 Å². The molecule has 0 saturated carbocycles. The number of carbonyl (C=O) groups excluding carboxylic acids is 1. The van der Waals surface area contributed by atoms with Crippen molar-refractivity contribution in [2.75, 3.05) is 30.9 Å². The first kappa shape index (κ1) is 17.5. The van der Waals surface area contributed by atoms with Gasteiger partial charge in [0.1, 0.15) is 5.52 Å². The van der Waals surface area contributed by atoms with Gasteiger partial charge in [-0.3, -0.25) is 4.79 Å². The zero-order chi connectivity index (χ0) is 12.4.